The first kappa shape index (κ1) is 19.9. The summed E-state index contributed by atoms with van der Waals surface area (Å²) >= 11 is 1.71. The number of piperidine rings is 1. The highest BCUT2D eigenvalue weighted by atomic mass is 32.2. The van der Waals surface area contributed by atoms with Crippen LogP contribution in [0, 0.1) is 0 Å². The van der Waals surface area contributed by atoms with Crippen LogP contribution >= 0.6 is 11.8 Å². The fraction of sp³-hybridized carbons (Fsp3) is 0.280. The van der Waals surface area contributed by atoms with E-state index in [1.807, 2.05) is 70.5 Å². The van der Waals surface area contributed by atoms with Crippen molar-refractivity contribution in [2.45, 2.75) is 17.7 Å². The Hall–Kier alpha value is -2.99. The number of hydrogen-bond donors (Lipinski definition) is 0. The van der Waals surface area contributed by atoms with Gasteiger partial charge in [0.2, 0.25) is 5.91 Å². The third-order valence-electron chi connectivity index (χ3n) is 6.28. The molecule has 0 saturated carbocycles. The lowest BCUT2D eigenvalue weighted by molar-refractivity contribution is -0.116. The maximum absolute atomic E-state index is 13.2. The van der Waals surface area contributed by atoms with Crippen LogP contribution in [0.15, 0.2) is 66.7 Å². The Morgan fingerprint density at radius 1 is 0.968 bits per heavy atom. The number of thioether (sulfide) groups is 1. The topological polar surface area (TPSA) is 49.9 Å². The molecule has 5 rings (SSSR count). The molecular formula is C25H24N2O3S. The normalized spacial score (nSPS) is 18.0. The fourth-order valence-electron chi connectivity index (χ4n) is 4.60. The van der Waals surface area contributed by atoms with Crippen molar-refractivity contribution in [2.24, 2.45) is 0 Å². The molecule has 3 aromatic carbocycles. The Bertz CT molecular complexity index is 1140. The van der Waals surface area contributed by atoms with Crippen molar-refractivity contribution in [3.8, 4) is 5.75 Å². The van der Waals surface area contributed by atoms with Crippen LogP contribution in [0.25, 0.3) is 10.8 Å². The Morgan fingerprint density at radius 3 is 2.39 bits per heavy atom. The second-order valence-electron chi connectivity index (χ2n) is 8.02. The number of nitrogens with zero attached hydrogens (tertiary/aromatic N) is 2. The van der Waals surface area contributed by atoms with Gasteiger partial charge < -0.3 is 9.64 Å². The lowest BCUT2D eigenvalue weighted by atomic mass is 9.99. The number of amides is 2. The van der Waals surface area contributed by atoms with Gasteiger partial charge >= 0.3 is 0 Å². The lowest BCUT2D eigenvalue weighted by Crippen LogP contribution is -2.53. The van der Waals surface area contributed by atoms with Gasteiger partial charge in [-0.1, -0.05) is 30.3 Å². The molecule has 3 aromatic rings. The molecule has 0 atom stereocenters. The van der Waals surface area contributed by atoms with E-state index in [4.69, 9.17) is 4.74 Å². The molecular weight excluding hydrogens is 408 g/mol. The van der Waals surface area contributed by atoms with Gasteiger partial charge in [0.05, 0.1) is 17.7 Å². The van der Waals surface area contributed by atoms with Crippen molar-refractivity contribution in [3.63, 3.8) is 0 Å². The van der Waals surface area contributed by atoms with Crippen molar-refractivity contribution in [1.29, 1.82) is 0 Å². The summed E-state index contributed by atoms with van der Waals surface area (Å²) in [5.74, 6) is 1.44. The third kappa shape index (κ3) is 3.55. The number of rotatable bonds is 3. The van der Waals surface area contributed by atoms with Crippen molar-refractivity contribution >= 4 is 40.0 Å². The summed E-state index contributed by atoms with van der Waals surface area (Å²) in [5.41, 5.74) is 1.61. The maximum Gasteiger partial charge on any atom is 0.253 e. The van der Waals surface area contributed by atoms with Crippen LogP contribution in [0.4, 0.5) is 5.69 Å². The molecule has 0 unspecified atom stereocenters. The monoisotopic (exact) mass is 432 g/mol. The highest BCUT2D eigenvalue weighted by Crippen LogP contribution is 2.47. The minimum absolute atomic E-state index is 0.0610. The molecule has 2 saturated heterocycles. The average Bonchev–Trinajstić information content (AvgIpc) is 3.14. The highest BCUT2D eigenvalue weighted by Gasteiger charge is 2.49. The Kier molecular flexibility index (Phi) is 5.10. The molecule has 158 valence electrons. The number of anilines is 1. The number of carbonyl (C=O) groups excluding carboxylic acids is 2. The molecule has 31 heavy (non-hydrogen) atoms. The number of fused-ring (bicyclic) bond motifs is 1. The van der Waals surface area contributed by atoms with E-state index in [1.165, 1.54) is 0 Å². The molecule has 0 aliphatic carbocycles. The highest BCUT2D eigenvalue weighted by molar-refractivity contribution is 8.02. The summed E-state index contributed by atoms with van der Waals surface area (Å²) in [5, 5.41) is 2.21. The maximum atomic E-state index is 13.2. The van der Waals surface area contributed by atoms with E-state index in [1.54, 1.807) is 18.9 Å². The van der Waals surface area contributed by atoms with Crippen molar-refractivity contribution in [1.82, 2.24) is 4.90 Å². The summed E-state index contributed by atoms with van der Waals surface area (Å²) in [7, 11) is 1.63. The molecule has 2 aliphatic heterocycles. The first-order chi connectivity index (χ1) is 15.1. The summed E-state index contributed by atoms with van der Waals surface area (Å²) in [6.45, 7) is 1.27. The predicted octanol–water partition coefficient (Wildman–Crippen LogP) is 4.56. The van der Waals surface area contributed by atoms with Gasteiger partial charge in [-0.05, 0) is 60.0 Å². The third-order valence-corrected chi connectivity index (χ3v) is 7.80. The van der Waals surface area contributed by atoms with E-state index >= 15 is 0 Å². The van der Waals surface area contributed by atoms with Crippen molar-refractivity contribution in [2.75, 3.05) is 30.9 Å². The summed E-state index contributed by atoms with van der Waals surface area (Å²) in [4.78, 5) is 29.5. The zero-order valence-corrected chi connectivity index (χ0v) is 18.2. The molecule has 6 heteroatoms. The standard InChI is InChI=1S/C25H24N2O3S/c1-30-22-10-8-21(9-11-22)27-23(28)17-31-25(27)12-14-26(15-13-25)24(29)20-7-6-18-4-2-3-5-19(18)16-20/h2-11,16H,12-15,17H2,1H3. The number of methoxy groups -OCH3 is 1. The van der Waals surface area contributed by atoms with E-state index in [0.717, 1.165) is 40.6 Å². The van der Waals surface area contributed by atoms with E-state index in [-0.39, 0.29) is 16.7 Å². The second-order valence-corrected chi connectivity index (χ2v) is 9.35. The zero-order valence-electron chi connectivity index (χ0n) is 17.4. The van der Waals surface area contributed by atoms with Gasteiger partial charge in [-0.25, -0.2) is 0 Å². The van der Waals surface area contributed by atoms with Crippen LogP contribution < -0.4 is 9.64 Å². The van der Waals surface area contributed by atoms with E-state index < -0.39 is 0 Å². The molecule has 1 spiro atoms. The van der Waals surface area contributed by atoms with Gasteiger partial charge in [-0.2, -0.15) is 0 Å². The lowest BCUT2D eigenvalue weighted by Gasteiger charge is -2.44. The fourth-order valence-corrected chi connectivity index (χ4v) is 5.92. The summed E-state index contributed by atoms with van der Waals surface area (Å²) < 4.78 is 5.25. The molecule has 0 aromatic heterocycles. The SMILES string of the molecule is COc1ccc(N2C(=O)CSC23CCN(C(=O)c2ccc4ccccc4c2)CC3)cc1. The van der Waals surface area contributed by atoms with E-state index in [9.17, 15) is 9.59 Å². The quantitative estimate of drug-likeness (QED) is 0.609. The molecule has 5 nitrogen and oxygen atoms in total. The van der Waals surface area contributed by atoms with E-state index in [0.29, 0.717) is 18.8 Å². The first-order valence-electron chi connectivity index (χ1n) is 10.5. The molecule has 2 aliphatic rings. The van der Waals surface area contributed by atoms with Gasteiger partial charge in [0, 0.05) is 24.3 Å². The smallest absolute Gasteiger partial charge is 0.253 e. The molecule has 2 amide bonds. The summed E-state index contributed by atoms with van der Waals surface area (Å²) in [6.07, 6.45) is 1.52. The van der Waals surface area contributed by atoms with Crippen molar-refractivity contribution < 1.29 is 14.3 Å². The Morgan fingerprint density at radius 2 is 1.68 bits per heavy atom. The number of likely N-dealkylation sites (tertiary alicyclic amines) is 1. The van der Waals surface area contributed by atoms with Crippen LogP contribution in [-0.4, -0.2) is 47.5 Å². The van der Waals surface area contributed by atoms with Crippen LogP contribution in [0.2, 0.25) is 0 Å². The molecule has 2 fully saturated rings. The average molecular weight is 433 g/mol. The largest absolute Gasteiger partial charge is 0.497 e. The van der Waals surface area contributed by atoms with Crippen LogP contribution in [-0.2, 0) is 4.79 Å². The predicted molar refractivity (Wildman–Crippen MR) is 125 cm³/mol. The second kappa shape index (κ2) is 7.93. The summed E-state index contributed by atoms with van der Waals surface area (Å²) in [6, 6.07) is 21.6. The number of benzene rings is 3. The Labute approximate surface area is 186 Å². The molecule has 0 N–H and O–H groups in total. The number of hydrogen-bond acceptors (Lipinski definition) is 4. The number of carbonyl (C=O) groups is 2. The Balaban J connectivity index is 1.34. The van der Waals surface area contributed by atoms with Gasteiger partial charge in [0.15, 0.2) is 0 Å². The minimum Gasteiger partial charge on any atom is -0.497 e. The van der Waals surface area contributed by atoms with Crippen LogP contribution in [0.3, 0.4) is 0 Å². The van der Waals surface area contributed by atoms with Crippen LogP contribution in [0.5, 0.6) is 5.75 Å². The minimum atomic E-state index is -0.286. The van der Waals surface area contributed by atoms with E-state index in [2.05, 4.69) is 6.07 Å². The van der Waals surface area contributed by atoms with Gasteiger partial charge in [-0.15, -0.1) is 11.8 Å². The van der Waals surface area contributed by atoms with Crippen LogP contribution in [0.1, 0.15) is 23.2 Å². The van der Waals surface area contributed by atoms with Crippen molar-refractivity contribution in [3.05, 3.63) is 72.3 Å². The van der Waals surface area contributed by atoms with Gasteiger partial charge in [0.1, 0.15) is 5.75 Å². The first-order valence-corrected chi connectivity index (χ1v) is 11.5. The van der Waals surface area contributed by atoms with Gasteiger partial charge in [-0.3, -0.25) is 14.5 Å². The van der Waals surface area contributed by atoms with Gasteiger partial charge in [0.25, 0.3) is 5.91 Å². The zero-order chi connectivity index (χ0) is 21.4. The molecule has 0 radical (unpaired) electrons. The number of ether oxygens (including phenoxy) is 1. The molecule has 0 bridgehead atoms. The molecule has 2 heterocycles.